The van der Waals surface area contributed by atoms with Crippen LogP contribution in [0.1, 0.15) is 61.8 Å². The lowest BCUT2D eigenvalue weighted by Gasteiger charge is -2.43. The monoisotopic (exact) mass is 347 g/mol. The Morgan fingerprint density at radius 1 is 1.28 bits per heavy atom. The fraction of sp³-hybridized carbons (Fsp3) is 0.737. The molecule has 2 N–H and O–H groups in total. The molecule has 2 rings (SSSR count). The van der Waals surface area contributed by atoms with Crippen molar-refractivity contribution in [2.45, 2.75) is 65.5 Å². The number of likely N-dealkylation sites (tertiary alicyclic amines) is 1. The van der Waals surface area contributed by atoms with E-state index in [1.807, 2.05) is 25.7 Å². The van der Waals surface area contributed by atoms with Crippen LogP contribution in [0.15, 0.2) is 6.33 Å². The van der Waals surface area contributed by atoms with Crippen molar-refractivity contribution in [2.75, 3.05) is 26.2 Å². The van der Waals surface area contributed by atoms with Gasteiger partial charge in [0.15, 0.2) is 0 Å². The van der Waals surface area contributed by atoms with Gasteiger partial charge in [-0.05, 0) is 53.9 Å². The van der Waals surface area contributed by atoms with Crippen molar-refractivity contribution in [3.05, 3.63) is 23.3 Å². The fourth-order valence-electron chi connectivity index (χ4n) is 3.54. The van der Waals surface area contributed by atoms with Gasteiger partial charge in [-0.2, -0.15) is 0 Å². The predicted molar refractivity (Wildman–Crippen MR) is 101 cm³/mol. The van der Waals surface area contributed by atoms with Crippen LogP contribution in [-0.2, 0) is 0 Å². The van der Waals surface area contributed by atoms with Crippen LogP contribution in [0, 0.1) is 13.8 Å². The molecule has 1 amide bonds. The van der Waals surface area contributed by atoms with Crippen LogP contribution in [0.25, 0.3) is 0 Å². The maximum atomic E-state index is 13.0. The first-order valence-corrected chi connectivity index (χ1v) is 9.34. The van der Waals surface area contributed by atoms with E-state index in [2.05, 4.69) is 28.7 Å². The molecule has 0 aliphatic carbocycles. The molecule has 1 aromatic rings. The van der Waals surface area contributed by atoms with Crippen LogP contribution >= 0.6 is 0 Å². The summed E-state index contributed by atoms with van der Waals surface area (Å²) in [5.74, 6) is 0.0366. The highest BCUT2D eigenvalue weighted by atomic mass is 16.2. The van der Waals surface area contributed by atoms with Crippen molar-refractivity contribution in [1.29, 1.82) is 0 Å². The summed E-state index contributed by atoms with van der Waals surface area (Å²) in [4.78, 5) is 25.8. The van der Waals surface area contributed by atoms with Crippen molar-refractivity contribution in [3.63, 3.8) is 0 Å². The molecule has 0 unspecified atom stereocenters. The van der Waals surface area contributed by atoms with Gasteiger partial charge < -0.3 is 10.6 Å². The van der Waals surface area contributed by atoms with E-state index in [0.717, 1.165) is 50.3 Å². The topological polar surface area (TPSA) is 75.3 Å². The van der Waals surface area contributed by atoms with Gasteiger partial charge in [0.05, 0.1) is 17.0 Å². The molecule has 140 valence electrons. The molecule has 1 aliphatic rings. The van der Waals surface area contributed by atoms with E-state index in [1.54, 1.807) is 0 Å². The smallest absolute Gasteiger partial charge is 0.257 e. The largest absolute Gasteiger partial charge is 0.339 e. The number of carbonyl (C=O) groups excluding carboxylic acids is 1. The minimum absolute atomic E-state index is 0.0366. The summed E-state index contributed by atoms with van der Waals surface area (Å²) >= 11 is 0. The van der Waals surface area contributed by atoms with E-state index in [1.165, 1.54) is 6.33 Å². The number of carbonyl (C=O) groups is 1. The van der Waals surface area contributed by atoms with Crippen LogP contribution in [0.4, 0.5) is 0 Å². The number of piperidine rings is 1. The van der Waals surface area contributed by atoms with Gasteiger partial charge in [-0.1, -0.05) is 0 Å². The molecular formula is C19H33N5O. The number of nitrogens with two attached hydrogens (primary N) is 1. The lowest BCUT2D eigenvalue weighted by Crippen LogP contribution is -2.52. The van der Waals surface area contributed by atoms with Gasteiger partial charge in [0.25, 0.3) is 5.91 Å². The molecule has 2 heterocycles. The number of aryl methyl sites for hydroxylation is 2. The highest BCUT2D eigenvalue weighted by Crippen LogP contribution is 2.24. The molecule has 1 fully saturated rings. The number of amides is 1. The van der Waals surface area contributed by atoms with Gasteiger partial charge in [-0.3, -0.25) is 9.69 Å². The van der Waals surface area contributed by atoms with Crippen molar-refractivity contribution >= 4 is 5.91 Å². The minimum Gasteiger partial charge on any atom is -0.339 e. The zero-order chi connectivity index (χ0) is 18.6. The molecule has 6 nitrogen and oxygen atoms in total. The summed E-state index contributed by atoms with van der Waals surface area (Å²) in [6.45, 7) is 13.8. The van der Waals surface area contributed by atoms with E-state index in [-0.39, 0.29) is 11.4 Å². The standard InChI is InChI=1S/C19H33N5O/c1-6-23(18(25)17-14(2)21-13-22-15(17)3)12-9-19(4,5)24-10-7-16(20)8-11-24/h13,16H,6-12,20H2,1-5H3. The molecule has 0 aromatic carbocycles. The zero-order valence-corrected chi connectivity index (χ0v) is 16.4. The Hall–Kier alpha value is -1.53. The number of hydrogen-bond acceptors (Lipinski definition) is 5. The SMILES string of the molecule is CCN(CCC(C)(C)N1CCC(N)CC1)C(=O)c1c(C)ncnc1C. The third-order valence-corrected chi connectivity index (χ3v) is 5.50. The Bertz CT molecular complexity index is 573. The quantitative estimate of drug-likeness (QED) is 0.853. The van der Waals surface area contributed by atoms with Crippen LogP contribution in [-0.4, -0.2) is 63.4 Å². The summed E-state index contributed by atoms with van der Waals surface area (Å²) in [5.41, 5.74) is 8.23. The third-order valence-electron chi connectivity index (χ3n) is 5.50. The normalized spacial score (nSPS) is 16.9. The number of nitrogens with zero attached hydrogens (tertiary/aromatic N) is 4. The predicted octanol–water partition coefficient (Wildman–Crippen LogP) is 2.15. The van der Waals surface area contributed by atoms with Gasteiger partial charge >= 0.3 is 0 Å². The maximum absolute atomic E-state index is 13.0. The average Bonchev–Trinajstić information content (AvgIpc) is 2.55. The first-order chi connectivity index (χ1) is 11.8. The summed E-state index contributed by atoms with van der Waals surface area (Å²) < 4.78 is 0. The third kappa shape index (κ3) is 4.76. The Balaban J connectivity index is 2.03. The number of hydrogen-bond donors (Lipinski definition) is 1. The van der Waals surface area contributed by atoms with Crippen LogP contribution in [0.3, 0.4) is 0 Å². The second-order valence-electron chi connectivity index (χ2n) is 7.69. The van der Waals surface area contributed by atoms with Crippen LogP contribution in [0.5, 0.6) is 0 Å². The molecule has 0 saturated carbocycles. The number of rotatable bonds is 6. The second kappa shape index (κ2) is 8.23. The van der Waals surface area contributed by atoms with Crippen LogP contribution < -0.4 is 5.73 Å². The highest BCUT2D eigenvalue weighted by molar-refractivity contribution is 5.96. The summed E-state index contributed by atoms with van der Waals surface area (Å²) in [6, 6.07) is 0.338. The van der Waals surface area contributed by atoms with Gasteiger partial charge in [0.1, 0.15) is 6.33 Å². The zero-order valence-electron chi connectivity index (χ0n) is 16.4. The van der Waals surface area contributed by atoms with Gasteiger partial charge in [-0.25, -0.2) is 9.97 Å². The second-order valence-corrected chi connectivity index (χ2v) is 7.69. The fourth-order valence-corrected chi connectivity index (χ4v) is 3.54. The van der Waals surface area contributed by atoms with Gasteiger partial charge in [0, 0.05) is 37.8 Å². The lowest BCUT2D eigenvalue weighted by molar-refractivity contribution is 0.0600. The number of aromatic nitrogens is 2. The van der Waals surface area contributed by atoms with E-state index >= 15 is 0 Å². The Morgan fingerprint density at radius 3 is 2.36 bits per heavy atom. The maximum Gasteiger partial charge on any atom is 0.257 e. The van der Waals surface area contributed by atoms with Gasteiger partial charge in [-0.15, -0.1) is 0 Å². The lowest BCUT2D eigenvalue weighted by atomic mass is 9.93. The van der Waals surface area contributed by atoms with Crippen molar-refractivity contribution in [3.8, 4) is 0 Å². The summed E-state index contributed by atoms with van der Waals surface area (Å²) in [6.07, 6.45) is 4.56. The van der Waals surface area contributed by atoms with Crippen molar-refractivity contribution in [1.82, 2.24) is 19.8 Å². The molecule has 0 radical (unpaired) electrons. The molecule has 1 aliphatic heterocycles. The highest BCUT2D eigenvalue weighted by Gasteiger charge is 2.31. The first-order valence-electron chi connectivity index (χ1n) is 9.34. The molecule has 0 atom stereocenters. The van der Waals surface area contributed by atoms with Gasteiger partial charge in [0.2, 0.25) is 0 Å². The Labute approximate surface area is 151 Å². The van der Waals surface area contributed by atoms with Crippen molar-refractivity contribution in [2.24, 2.45) is 5.73 Å². The average molecular weight is 348 g/mol. The van der Waals surface area contributed by atoms with Crippen molar-refractivity contribution < 1.29 is 4.79 Å². The molecule has 25 heavy (non-hydrogen) atoms. The first kappa shape index (κ1) is 19.8. The van der Waals surface area contributed by atoms with Crippen LogP contribution in [0.2, 0.25) is 0 Å². The Morgan fingerprint density at radius 2 is 1.84 bits per heavy atom. The Kier molecular flexibility index (Phi) is 6.52. The summed E-state index contributed by atoms with van der Waals surface area (Å²) in [5, 5.41) is 0. The molecule has 0 spiro atoms. The minimum atomic E-state index is 0.0366. The molecule has 1 aromatic heterocycles. The van der Waals surface area contributed by atoms with E-state index < -0.39 is 0 Å². The molecular weight excluding hydrogens is 314 g/mol. The van der Waals surface area contributed by atoms with E-state index in [0.29, 0.717) is 18.2 Å². The van der Waals surface area contributed by atoms with E-state index in [9.17, 15) is 4.79 Å². The van der Waals surface area contributed by atoms with E-state index in [4.69, 9.17) is 5.73 Å². The molecule has 6 heteroatoms. The molecule has 0 bridgehead atoms. The summed E-state index contributed by atoms with van der Waals surface area (Å²) in [7, 11) is 0. The molecule has 1 saturated heterocycles.